The van der Waals surface area contributed by atoms with E-state index in [1.54, 1.807) is 24.0 Å². The van der Waals surface area contributed by atoms with Crippen molar-refractivity contribution in [3.8, 4) is 0 Å². The summed E-state index contributed by atoms with van der Waals surface area (Å²) in [4.78, 5) is 27.3. The minimum absolute atomic E-state index is 0.130. The number of carbonyl (C=O) groups is 1. The predicted octanol–water partition coefficient (Wildman–Crippen LogP) is 4.00. The molecule has 0 spiro atoms. The van der Waals surface area contributed by atoms with Gasteiger partial charge in [0.25, 0.3) is 0 Å². The summed E-state index contributed by atoms with van der Waals surface area (Å²) in [5, 5.41) is 4.01. The van der Waals surface area contributed by atoms with Crippen LogP contribution < -0.4 is 5.32 Å². The smallest absolute Gasteiger partial charge is 0.410 e. The molecule has 10 nitrogen and oxygen atoms in total. The van der Waals surface area contributed by atoms with Crippen LogP contribution in [0.15, 0.2) is 35.7 Å². The number of ether oxygens (including phenoxy) is 1. The molecule has 1 saturated carbocycles. The molecular formula is C24H30N6O4S. The van der Waals surface area contributed by atoms with Gasteiger partial charge in [0.1, 0.15) is 17.8 Å². The first-order chi connectivity index (χ1) is 16.7. The van der Waals surface area contributed by atoms with Gasteiger partial charge in [0, 0.05) is 25.3 Å². The highest BCUT2D eigenvalue weighted by molar-refractivity contribution is 7.92. The van der Waals surface area contributed by atoms with Crippen molar-refractivity contribution in [1.82, 2.24) is 24.4 Å². The van der Waals surface area contributed by atoms with Gasteiger partial charge in [-0.2, -0.15) is 0 Å². The summed E-state index contributed by atoms with van der Waals surface area (Å²) in [5.41, 5.74) is 2.10. The van der Waals surface area contributed by atoms with Crippen molar-refractivity contribution < 1.29 is 17.9 Å². The number of likely N-dealkylation sites (tertiary alicyclic amines) is 1. The number of rotatable bonds is 6. The highest BCUT2D eigenvalue weighted by Gasteiger charge is 2.38. The van der Waals surface area contributed by atoms with Crippen molar-refractivity contribution >= 4 is 38.5 Å². The molecule has 2 fully saturated rings. The lowest BCUT2D eigenvalue weighted by atomic mass is 10.1. The number of aromatic nitrogens is 4. The number of carbonyl (C=O) groups excluding carboxylic acids is 1. The first kappa shape index (κ1) is 23.5. The molecule has 1 aliphatic heterocycles. The molecule has 3 aromatic heterocycles. The lowest BCUT2D eigenvalue weighted by Crippen LogP contribution is -2.40. The molecule has 4 heterocycles. The third kappa shape index (κ3) is 4.69. The molecule has 0 unspecified atom stereocenters. The molecule has 2 aliphatic rings. The van der Waals surface area contributed by atoms with Gasteiger partial charge in [0.15, 0.2) is 14.9 Å². The molecule has 11 heteroatoms. The molecule has 0 radical (unpaired) electrons. The number of pyridine rings is 1. The van der Waals surface area contributed by atoms with Gasteiger partial charge in [0.05, 0.1) is 28.1 Å². The van der Waals surface area contributed by atoms with Crippen LogP contribution in [-0.4, -0.2) is 63.4 Å². The molecule has 186 valence electrons. The van der Waals surface area contributed by atoms with Crippen LogP contribution in [0, 0.1) is 6.92 Å². The molecule has 1 aliphatic carbocycles. The monoisotopic (exact) mass is 498 g/mol. The van der Waals surface area contributed by atoms with Crippen molar-refractivity contribution in [2.75, 3.05) is 18.4 Å². The normalized spacial score (nSPS) is 17.2. The largest absolute Gasteiger partial charge is 0.447 e. The maximum Gasteiger partial charge on any atom is 0.410 e. The van der Waals surface area contributed by atoms with E-state index in [1.165, 1.54) is 6.33 Å². The Kier molecular flexibility index (Phi) is 6.12. The zero-order chi connectivity index (χ0) is 24.7. The van der Waals surface area contributed by atoms with E-state index in [1.807, 2.05) is 26.1 Å². The van der Waals surface area contributed by atoms with Gasteiger partial charge in [-0.15, -0.1) is 0 Å². The number of sulfone groups is 1. The van der Waals surface area contributed by atoms with E-state index >= 15 is 0 Å². The minimum Gasteiger partial charge on any atom is -0.447 e. The Balaban J connectivity index is 1.33. The Hall–Kier alpha value is -3.21. The molecular weight excluding hydrogens is 468 g/mol. The maximum absolute atomic E-state index is 12.5. The Morgan fingerprint density at radius 3 is 2.51 bits per heavy atom. The van der Waals surface area contributed by atoms with E-state index in [4.69, 9.17) is 4.74 Å². The average Bonchev–Trinajstić information content (AvgIpc) is 3.60. The number of anilines is 2. The zero-order valence-electron chi connectivity index (χ0n) is 20.1. The fourth-order valence-electron chi connectivity index (χ4n) is 4.47. The number of aryl methyl sites for hydroxylation is 1. The fourth-order valence-corrected chi connectivity index (χ4v) is 6.09. The standard InChI is InChI=1S/C24H30N6O4S/c1-15(2)34-24(31)29-11-8-17(9-12-29)30-13-10-19-22(25-14-26-23(19)30)28-20-6-7-21(27-16(20)3)35(32,33)18-4-5-18/h6-7,10,13-15,17-18H,4-5,8-9,11-12H2,1-3H3,(H,25,26,28). The SMILES string of the molecule is Cc1nc(S(=O)(=O)C2CC2)ccc1Nc1ncnc2c1ccn2C1CCN(C(=O)OC(C)C)CC1. The van der Waals surface area contributed by atoms with Crippen LogP contribution in [0.25, 0.3) is 11.0 Å². The molecule has 5 rings (SSSR count). The Labute approximate surface area is 204 Å². The Morgan fingerprint density at radius 1 is 1.11 bits per heavy atom. The third-order valence-corrected chi connectivity index (χ3v) is 8.69. The molecule has 3 aromatic rings. The lowest BCUT2D eigenvalue weighted by Gasteiger charge is -2.32. The second kappa shape index (κ2) is 9.10. The number of nitrogens with one attached hydrogen (secondary N) is 1. The quantitative estimate of drug-likeness (QED) is 0.542. The minimum atomic E-state index is -3.34. The molecule has 1 amide bonds. The van der Waals surface area contributed by atoms with Gasteiger partial charge in [-0.05, 0) is 64.7 Å². The Bertz CT molecular complexity index is 1360. The van der Waals surface area contributed by atoms with Gasteiger partial charge in [-0.25, -0.2) is 28.2 Å². The number of piperidine rings is 1. The number of hydrogen-bond donors (Lipinski definition) is 1. The second-order valence-corrected chi connectivity index (χ2v) is 11.7. The van der Waals surface area contributed by atoms with Crippen molar-refractivity contribution in [2.45, 2.75) is 68.9 Å². The van der Waals surface area contributed by atoms with E-state index < -0.39 is 9.84 Å². The summed E-state index contributed by atoms with van der Waals surface area (Å²) in [7, 11) is -3.34. The molecule has 1 saturated heterocycles. The maximum atomic E-state index is 12.5. The summed E-state index contributed by atoms with van der Waals surface area (Å²) in [6.07, 6.45) is 6.17. The van der Waals surface area contributed by atoms with E-state index in [0.29, 0.717) is 43.1 Å². The number of amides is 1. The highest BCUT2D eigenvalue weighted by atomic mass is 32.2. The fraction of sp³-hybridized carbons (Fsp3) is 0.500. The first-order valence-electron chi connectivity index (χ1n) is 12.0. The van der Waals surface area contributed by atoms with Crippen LogP contribution >= 0.6 is 0 Å². The summed E-state index contributed by atoms with van der Waals surface area (Å²) in [6, 6.07) is 5.50. The second-order valence-electron chi connectivity index (χ2n) is 9.49. The lowest BCUT2D eigenvalue weighted by molar-refractivity contribution is 0.0663. The summed E-state index contributed by atoms with van der Waals surface area (Å²) in [6.45, 7) is 6.75. The van der Waals surface area contributed by atoms with Crippen LogP contribution in [0.1, 0.15) is 51.3 Å². The number of nitrogens with zero attached hydrogens (tertiary/aromatic N) is 5. The first-order valence-corrected chi connectivity index (χ1v) is 13.5. The molecule has 35 heavy (non-hydrogen) atoms. The van der Waals surface area contributed by atoms with E-state index in [2.05, 4.69) is 24.8 Å². The van der Waals surface area contributed by atoms with Gasteiger partial charge < -0.3 is 19.5 Å². The van der Waals surface area contributed by atoms with Crippen LogP contribution in [0.2, 0.25) is 0 Å². The van der Waals surface area contributed by atoms with Gasteiger partial charge in [-0.1, -0.05) is 0 Å². The van der Waals surface area contributed by atoms with Crippen LogP contribution in [-0.2, 0) is 14.6 Å². The van der Waals surface area contributed by atoms with E-state index in [9.17, 15) is 13.2 Å². The number of hydrogen-bond acceptors (Lipinski definition) is 8. The molecule has 1 N–H and O–H groups in total. The zero-order valence-corrected chi connectivity index (χ0v) is 21.0. The van der Waals surface area contributed by atoms with Gasteiger partial charge in [0.2, 0.25) is 0 Å². The van der Waals surface area contributed by atoms with Crippen LogP contribution in [0.3, 0.4) is 0 Å². The van der Waals surface area contributed by atoms with Gasteiger partial charge >= 0.3 is 6.09 Å². The van der Waals surface area contributed by atoms with Crippen LogP contribution in [0.5, 0.6) is 0 Å². The molecule has 0 atom stereocenters. The highest BCUT2D eigenvalue weighted by Crippen LogP contribution is 2.34. The van der Waals surface area contributed by atoms with Crippen molar-refractivity contribution in [3.05, 3.63) is 36.4 Å². The third-order valence-electron chi connectivity index (χ3n) is 6.53. The average molecular weight is 499 g/mol. The molecule has 0 aromatic carbocycles. The topological polar surface area (TPSA) is 119 Å². The Morgan fingerprint density at radius 2 is 1.86 bits per heavy atom. The predicted molar refractivity (Wildman–Crippen MR) is 131 cm³/mol. The molecule has 0 bridgehead atoms. The number of fused-ring (bicyclic) bond motifs is 1. The summed E-state index contributed by atoms with van der Waals surface area (Å²) in [5.74, 6) is 0.634. The van der Waals surface area contributed by atoms with Crippen molar-refractivity contribution in [2.24, 2.45) is 0 Å². The van der Waals surface area contributed by atoms with Crippen molar-refractivity contribution in [3.63, 3.8) is 0 Å². The summed E-state index contributed by atoms with van der Waals surface area (Å²) < 4.78 is 32.5. The van der Waals surface area contributed by atoms with Gasteiger partial charge in [-0.3, -0.25) is 0 Å². The summed E-state index contributed by atoms with van der Waals surface area (Å²) >= 11 is 0. The van der Waals surface area contributed by atoms with Crippen LogP contribution in [0.4, 0.5) is 16.3 Å². The van der Waals surface area contributed by atoms with E-state index in [0.717, 1.165) is 23.9 Å². The van der Waals surface area contributed by atoms with E-state index in [-0.39, 0.29) is 28.5 Å². The van der Waals surface area contributed by atoms with Crippen molar-refractivity contribution in [1.29, 1.82) is 0 Å².